The van der Waals surface area contributed by atoms with Gasteiger partial charge in [0.1, 0.15) is 6.10 Å². The van der Waals surface area contributed by atoms with Gasteiger partial charge in [-0.25, -0.2) is 0 Å². The van der Waals surface area contributed by atoms with Crippen molar-refractivity contribution in [1.29, 1.82) is 0 Å². The maximum absolute atomic E-state index is 5.64. The molecule has 0 spiro atoms. The van der Waals surface area contributed by atoms with Crippen molar-refractivity contribution >= 4 is 23.5 Å². The molecule has 0 radical (unpaired) electrons. The second kappa shape index (κ2) is 8.78. The SMILES string of the molecule is c1ccc(Sc2cccc(Sc3ccc(COCC4CO4)cc3)c2)cc1. The molecule has 3 aromatic carbocycles. The minimum atomic E-state index is 0.325. The molecule has 1 aliphatic heterocycles. The molecular weight excluding hydrogens is 360 g/mol. The zero-order valence-corrected chi connectivity index (χ0v) is 16.0. The Balaban J connectivity index is 1.35. The number of epoxide rings is 1. The van der Waals surface area contributed by atoms with Crippen LogP contribution in [0.5, 0.6) is 0 Å². The summed E-state index contributed by atoms with van der Waals surface area (Å²) in [5, 5.41) is 0. The van der Waals surface area contributed by atoms with Crippen LogP contribution < -0.4 is 0 Å². The van der Waals surface area contributed by atoms with Crippen LogP contribution >= 0.6 is 23.5 Å². The van der Waals surface area contributed by atoms with Crippen LogP contribution in [0.2, 0.25) is 0 Å². The topological polar surface area (TPSA) is 21.8 Å². The van der Waals surface area contributed by atoms with Gasteiger partial charge >= 0.3 is 0 Å². The van der Waals surface area contributed by atoms with Crippen molar-refractivity contribution in [2.24, 2.45) is 0 Å². The molecule has 2 nitrogen and oxygen atoms in total. The molecule has 1 atom stereocenters. The predicted octanol–water partition coefficient (Wildman–Crippen LogP) is 5.90. The van der Waals surface area contributed by atoms with E-state index in [4.69, 9.17) is 9.47 Å². The maximum atomic E-state index is 5.64. The summed E-state index contributed by atoms with van der Waals surface area (Å²) in [6.45, 7) is 2.19. The Labute approximate surface area is 162 Å². The van der Waals surface area contributed by atoms with Gasteiger partial charge in [-0.3, -0.25) is 0 Å². The van der Waals surface area contributed by atoms with E-state index in [1.807, 2.05) is 6.07 Å². The lowest BCUT2D eigenvalue weighted by atomic mass is 10.2. The van der Waals surface area contributed by atoms with Crippen LogP contribution in [0.3, 0.4) is 0 Å². The van der Waals surface area contributed by atoms with Crippen molar-refractivity contribution in [2.75, 3.05) is 13.2 Å². The minimum absolute atomic E-state index is 0.325. The number of rotatable bonds is 8. The predicted molar refractivity (Wildman–Crippen MR) is 107 cm³/mol. The molecule has 1 heterocycles. The Morgan fingerprint density at radius 3 is 2.04 bits per heavy atom. The van der Waals surface area contributed by atoms with E-state index in [1.54, 1.807) is 23.5 Å². The second-order valence-corrected chi connectivity index (χ2v) is 8.40. The highest BCUT2D eigenvalue weighted by Crippen LogP contribution is 2.33. The highest BCUT2D eigenvalue weighted by molar-refractivity contribution is 8.00. The average Bonchev–Trinajstić information content (AvgIpc) is 3.49. The molecule has 0 aromatic heterocycles. The lowest BCUT2D eigenvalue weighted by Crippen LogP contribution is -2.01. The van der Waals surface area contributed by atoms with Crippen molar-refractivity contribution in [2.45, 2.75) is 32.3 Å². The van der Waals surface area contributed by atoms with Gasteiger partial charge in [0.15, 0.2) is 0 Å². The molecule has 0 saturated carbocycles. The fraction of sp³-hybridized carbons (Fsp3) is 0.182. The Hall–Kier alpha value is -1.72. The summed E-state index contributed by atoms with van der Waals surface area (Å²) in [6, 6.07) is 27.8. The summed E-state index contributed by atoms with van der Waals surface area (Å²) in [5.41, 5.74) is 1.20. The van der Waals surface area contributed by atoms with Crippen molar-refractivity contribution in [1.82, 2.24) is 0 Å². The fourth-order valence-corrected chi connectivity index (χ4v) is 4.34. The largest absolute Gasteiger partial charge is 0.374 e. The van der Waals surface area contributed by atoms with Gasteiger partial charge in [0, 0.05) is 19.6 Å². The van der Waals surface area contributed by atoms with Gasteiger partial charge in [-0.2, -0.15) is 0 Å². The third-order valence-electron chi connectivity index (χ3n) is 3.92. The van der Waals surface area contributed by atoms with Crippen molar-refractivity contribution in [3.63, 3.8) is 0 Å². The Bertz CT molecular complexity index is 830. The van der Waals surface area contributed by atoms with Crippen LogP contribution in [-0.2, 0) is 16.1 Å². The first-order valence-corrected chi connectivity index (χ1v) is 10.3. The number of benzene rings is 3. The van der Waals surface area contributed by atoms with Crippen LogP contribution in [0.15, 0.2) is 98.4 Å². The standard InChI is InChI=1S/C22H20O2S2/c1-2-5-19(6-3-1)25-21-7-4-8-22(13-21)26-20-11-9-17(10-12-20)14-23-15-18-16-24-18/h1-13,18H,14-16H2. The average molecular weight is 381 g/mol. The first-order chi connectivity index (χ1) is 12.8. The van der Waals surface area contributed by atoms with Crippen LogP contribution in [0.4, 0.5) is 0 Å². The number of hydrogen-bond donors (Lipinski definition) is 0. The normalized spacial score (nSPS) is 15.8. The summed E-state index contributed by atoms with van der Waals surface area (Å²) >= 11 is 3.58. The van der Waals surface area contributed by atoms with Crippen molar-refractivity contribution < 1.29 is 9.47 Å². The number of ether oxygens (including phenoxy) is 2. The van der Waals surface area contributed by atoms with E-state index in [0.29, 0.717) is 19.3 Å². The minimum Gasteiger partial charge on any atom is -0.374 e. The Kier molecular flexibility index (Phi) is 5.97. The first kappa shape index (κ1) is 17.7. The van der Waals surface area contributed by atoms with E-state index in [9.17, 15) is 0 Å². The molecule has 4 heteroatoms. The van der Waals surface area contributed by atoms with E-state index >= 15 is 0 Å². The van der Waals surface area contributed by atoms with Gasteiger partial charge < -0.3 is 9.47 Å². The molecular formula is C22H20O2S2. The summed E-state index contributed by atoms with van der Waals surface area (Å²) in [5.74, 6) is 0. The van der Waals surface area contributed by atoms with Crippen LogP contribution in [0, 0.1) is 0 Å². The lowest BCUT2D eigenvalue weighted by Gasteiger charge is -2.07. The summed E-state index contributed by atoms with van der Waals surface area (Å²) in [6.07, 6.45) is 0.325. The summed E-state index contributed by atoms with van der Waals surface area (Å²) in [7, 11) is 0. The maximum Gasteiger partial charge on any atom is 0.104 e. The van der Waals surface area contributed by atoms with Crippen LogP contribution in [0.1, 0.15) is 5.56 Å². The van der Waals surface area contributed by atoms with E-state index in [2.05, 4.69) is 72.8 Å². The van der Waals surface area contributed by atoms with E-state index in [0.717, 1.165) is 6.61 Å². The highest BCUT2D eigenvalue weighted by atomic mass is 32.2. The molecule has 1 unspecified atom stereocenters. The molecule has 0 aliphatic carbocycles. The van der Waals surface area contributed by atoms with Gasteiger partial charge in [-0.15, -0.1) is 0 Å². The Morgan fingerprint density at radius 1 is 0.769 bits per heavy atom. The highest BCUT2D eigenvalue weighted by Gasteiger charge is 2.22. The van der Waals surface area contributed by atoms with Crippen molar-refractivity contribution in [3.05, 3.63) is 84.4 Å². The number of hydrogen-bond acceptors (Lipinski definition) is 4. The zero-order chi connectivity index (χ0) is 17.6. The first-order valence-electron chi connectivity index (χ1n) is 8.64. The van der Waals surface area contributed by atoms with Crippen LogP contribution in [-0.4, -0.2) is 19.3 Å². The molecule has 0 N–H and O–H groups in total. The smallest absolute Gasteiger partial charge is 0.104 e. The van der Waals surface area contributed by atoms with E-state index < -0.39 is 0 Å². The van der Waals surface area contributed by atoms with Gasteiger partial charge in [-0.1, -0.05) is 59.9 Å². The monoisotopic (exact) mass is 380 g/mol. The van der Waals surface area contributed by atoms with Crippen molar-refractivity contribution in [3.8, 4) is 0 Å². The molecule has 1 aliphatic rings. The Morgan fingerprint density at radius 2 is 1.38 bits per heavy atom. The van der Waals surface area contributed by atoms with E-state index in [1.165, 1.54) is 25.1 Å². The molecule has 4 rings (SSSR count). The third-order valence-corrected chi connectivity index (χ3v) is 5.91. The molecule has 132 valence electrons. The van der Waals surface area contributed by atoms with Gasteiger partial charge in [0.05, 0.1) is 19.8 Å². The van der Waals surface area contributed by atoms with Gasteiger partial charge in [0.25, 0.3) is 0 Å². The molecule has 1 fully saturated rings. The lowest BCUT2D eigenvalue weighted by molar-refractivity contribution is 0.104. The fourth-order valence-electron chi connectivity index (χ4n) is 2.49. The second-order valence-electron chi connectivity index (χ2n) is 6.11. The third kappa shape index (κ3) is 5.39. The van der Waals surface area contributed by atoms with Crippen LogP contribution in [0.25, 0.3) is 0 Å². The molecule has 0 amide bonds. The molecule has 26 heavy (non-hydrogen) atoms. The quantitative estimate of drug-likeness (QED) is 0.453. The zero-order valence-electron chi connectivity index (χ0n) is 14.3. The van der Waals surface area contributed by atoms with Gasteiger partial charge in [-0.05, 0) is 48.0 Å². The summed E-state index contributed by atoms with van der Waals surface area (Å²) < 4.78 is 10.8. The summed E-state index contributed by atoms with van der Waals surface area (Å²) in [4.78, 5) is 5.01. The molecule has 0 bridgehead atoms. The molecule has 1 saturated heterocycles. The van der Waals surface area contributed by atoms with Gasteiger partial charge in [0.2, 0.25) is 0 Å². The molecule has 3 aromatic rings. The van der Waals surface area contributed by atoms with E-state index in [-0.39, 0.29) is 0 Å².